The van der Waals surface area contributed by atoms with Gasteiger partial charge in [0.25, 0.3) is 11.8 Å². The highest BCUT2D eigenvalue weighted by atomic mass is 16.2. The lowest BCUT2D eigenvalue weighted by Crippen LogP contribution is -2.48. The van der Waals surface area contributed by atoms with Crippen molar-refractivity contribution >= 4 is 17.5 Å². The van der Waals surface area contributed by atoms with Crippen molar-refractivity contribution in [3.63, 3.8) is 0 Å². The minimum Gasteiger partial charge on any atom is -0.371 e. The van der Waals surface area contributed by atoms with Crippen molar-refractivity contribution < 1.29 is 9.59 Å². The van der Waals surface area contributed by atoms with E-state index >= 15 is 0 Å². The molecular weight excluding hydrogens is 400 g/mol. The average Bonchev–Trinajstić information content (AvgIpc) is 2.84. The zero-order valence-corrected chi connectivity index (χ0v) is 19.2. The third-order valence-electron chi connectivity index (χ3n) is 6.72. The molecule has 2 amide bonds. The summed E-state index contributed by atoms with van der Waals surface area (Å²) in [7, 11) is 2.10. The molecular formula is C26H34N4O2. The fourth-order valence-electron chi connectivity index (χ4n) is 4.54. The van der Waals surface area contributed by atoms with Crippen LogP contribution in [-0.4, -0.2) is 74.0 Å². The Morgan fingerprint density at radius 2 is 1.56 bits per heavy atom. The standard InChI is InChI=1S/C26H34N4O2/c1-3-20-8-10-21(11-9-20)25(31)27-22-12-14-29(15-13-22)24-7-5-4-6-23(24)26(32)30-18-16-28(2)17-19-30/h4-11,22H,3,12-19H2,1-2H3,(H,27,31). The minimum absolute atomic E-state index is 0.00301. The van der Waals surface area contributed by atoms with Crippen LogP contribution in [0.3, 0.4) is 0 Å². The summed E-state index contributed by atoms with van der Waals surface area (Å²) >= 11 is 0. The molecule has 0 aromatic heterocycles. The number of hydrogen-bond donors (Lipinski definition) is 1. The van der Waals surface area contributed by atoms with Crippen LogP contribution >= 0.6 is 0 Å². The molecule has 6 heteroatoms. The number of amides is 2. The second kappa shape index (κ2) is 10.2. The quantitative estimate of drug-likeness (QED) is 0.786. The SMILES string of the molecule is CCc1ccc(C(=O)NC2CCN(c3ccccc3C(=O)N3CCN(C)CC3)CC2)cc1. The third-order valence-corrected chi connectivity index (χ3v) is 6.72. The number of piperidine rings is 1. The van der Waals surface area contributed by atoms with E-state index in [2.05, 4.69) is 35.2 Å². The Labute approximate surface area is 191 Å². The molecule has 2 heterocycles. The van der Waals surface area contributed by atoms with Crippen molar-refractivity contribution in [1.29, 1.82) is 0 Å². The Bertz CT molecular complexity index is 927. The number of rotatable bonds is 5. The van der Waals surface area contributed by atoms with E-state index in [1.165, 1.54) is 5.56 Å². The van der Waals surface area contributed by atoms with Crippen LogP contribution in [0.4, 0.5) is 5.69 Å². The molecule has 0 spiro atoms. The summed E-state index contributed by atoms with van der Waals surface area (Å²) in [6, 6.07) is 16.0. The first-order chi connectivity index (χ1) is 15.5. The molecule has 32 heavy (non-hydrogen) atoms. The van der Waals surface area contributed by atoms with Gasteiger partial charge in [-0.2, -0.15) is 0 Å². The molecule has 2 aromatic rings. The highest BCUT2D eigenvalue weighted by Crippen LogP contribution is 2.26. The van der Waals surface area contributed by atoms with Gasteiger partial charge in [0.15, 0.2) is 0 Å². The molecule has 0 unspecified atom stereocenters. The maximum atomic E-state index is 13.2. The topological polar surface area (TPSA) is 55.9 Å². The van der Waals surface area contributed by atoms with Gasteiger partial charge >= 0.3 is 0 Å². The Hall–Kier alpha value is -2.86. The van der Waals surface area contributed by atoms with Gasteiger partial charge in [-0.25, -0.2) is 0 Å². The van der Waals surface area contributed by atoms with Crippen LogP contribution in [0, 0.1) is 0 Å². The maximum Gasteiger partial charge on any atom is 0.256 e. The van der Waals surface area contributed by atoms with Crippen LogP contribution in [-0.2, 0) is 6.42 Å². The lowest BCUT2D eigenvalue weighted by Gasteiger charge is -2.36. The van der Waals surface area contributed by atoms with E-state index < -0.39 is 0 Å². The molecule has 0 bridgehead atoms. The van der Waals surface area contributed by atoms with Crippen molar-refractivity contribution in [1.82, 2.24) is 15.1 Å². The monoisotopic (exact) mass is 434 g/mol. The summed E-state index contributed by atoms with van der Waals surface area (Å²) < 4.78 is 0. The second-order valence-corrected chi connectivity index (χ2v) is 8.90. The molecule has 170 valence electrons. The van der Waals surface area contributed by atoms with Crippen LogP contribution in [0.2, 0.25) is 0 Å². The van der Waals surface area contributed by atoms with Gasteiger partial charge in [-0.05, 0) is 56.1 Å². The van der Waals surface area contributed by atoms with Gasteiger partial charge in [0.05, 0.1) is 5.56 Å². The number of anilines is 1. The van der Waals surface area contributed by atoms with Crippen LogP contribution in [0.5, 0.6) is 0 Å². The minimum atomic E-state index is -0.00301. The maximum absolute atomic E-state index is 13.2. The number of benzene rings is 2. The van der Waals surface area contributed by atoms with Crippen LogP contribution < -0.4 is 10.2 Å². The van der Waals surface area contributed by atoms with E-state index in [9.17, 15) is 9.59 Å². The highest BCUT2D eigenvalue weighted by Gasteiger charge is 2.27. The molecule has 6 nitrogen and oxygen atoms in total. The number of aryl methyl sites for hydroxylation is 1. The number of likely N-dealkylation sites (N-methyl/N-ethyl adjacent to an activating group) is 1. The molecule has 0 radical (unpaired) electrons. The number of piperazine rings is 1. The molecule has 2 aromatic carbocycles. The molecule has 2 fully saturated rings. The zero-order chi connectivity index (χ0) is 22.5. The van der Waals surface area contributed by atoms with Gasteiger partial charge in [0.2, 0.25) is 0 Å². The van der Waals surface area contributed by atoms with Crippen molar-refractivity contribution in [2.24, 2.45) is 0 Å². The number of carbonyl (C=O) groups excluding carboxylic acids is 2. The van der Waals surface area contributed by atoms with Gasteiger partial charge in [0, 0.05) is 56.6 Å². The molecule has 2 aliphatic rings. The van der Waals surface area contributed by atoms with Gasteiger partial charge in [-0.15, -0.1) is 0 Å². The van der Waals surface area contributed by atoms with Crippen molar-refractivity contribution in [2.75, 3.05) is 51.2 Å². The number of nitrogens with zero attached hydrogens (tertiary/aromatic N) is 3. The summed E-state index contributed by atoms with van der Waals surface area (Å²) in [5.74, 6) is 0.122. The van der Waals surface area contributed by atoms with Gasteiger partial charge in [-0.3, -0.25) is 9.59 Å². The normalized spacial score (nSPS) is 17.9. The van der Waals surface area contributed by atoms with Crippen molar-refractivity contribution in [2.45, 2.75) is 32.2 Å². The zero-order valence-electron chi connectivity index (χ0n) is 19.2. The summed E-state index contributed by atoms with van der Waals surface area (Å²) in [5, 5.41) is 3.19. The summed E-state index contributed by atoms with van der Waals surface area (Å²) in [6.07, 6.45) is 2.71. The van der Waals surface area contributed by atoms with Crippen LogP contribution in [0.1, 0.15) is 46.0 Å². The van der Waals surface area contributed by atoms with E-state index in [4.69, 9.17) is 0 Å². The predicted octanol–water partition coefficient (Wildman–Crippen LogP) is 3.04. The molecule has 4 rings (SSSR count). The Kier molecular flexibility index (Phi) is 7.10. The molecule has 0 saturated carbocycles. The Morgan fingerprint density at radius 3 is 2.22 bits per heavy atom. The van der Waals surface area contributed by atoms with Gasteiger partial charge in [-0.1, -0.05) is 31.2 Å². The first-order valence-electron chi connectivity index (χ1n) is 11.8. The first-order valence-corrected chi connectivity index (χ1v) is 11.8. The number of carbonyl (C=O) groups is 2. The van der Waals surface area contributed by atoms with E-state index in [0.717, 1.165) is 69.8 Å². The second-order valence-electron chi connectivity index (χ2n) is 8.90. The fraction of sp³-hybridized carbons (Fsp3) is 0.462. The van der Waals surface area contributed by atoms with Crippen LogP contribution in [0.15, 0.2) is 48.5 Å². The predicted molar refractivity (Wildman–Crippen MR) is 128 cm³/mol. The summed E-state index contributed by atoms with van der Waals surface area (Å²) in [5.41, 5.74) is 3.75. The summed E-state index contributed by atoms with van der Waals surface area (Å²) in [4.78, 5) is 32.4. The molecule has 1 N–H and O–H groups in total. The van der Waals surface area contributed by atoms with E-state index in [1.54, 1.807) is 0 Å². The smallest absolute Gasteiger partial charge is 0.256 e. The highest BCUT2D eigenvalue weighted by molar-refractivity contribution is 6.00. The molecule has 0 aliphatic carbocycles. The Morgan fingerprint density at radius 1 is 0.906 bits per heavy atom. The summed E-state index contributed by atoms with van der Waals surface area (Å²) in [6.45, 7) is 7.15. The largest absolute Gasteiger partial charge is 0.371 e. The Balaban J connectivity index is 1.36. The number of nitrogens with one attached hydrogen (secondary N) is 1. The van der Waals surface area contributed by atoms with E-state index in [0.29, 0.717) is 5.56 Å². The van der Waals surface area contributed by atoms with E-state index in [-0.39, 0.29) is 17.9 Å². The van der Waals surface area contributed by atoms with Crippen LogP contribution in [0.25, 0.3) is 0 Å². The first kappa shape index (κ1) is 22.3. The van der Waals surface area contributed by atoms with E-state index in [1.807, 2.05) is 47.4 Å². The lowest BCUT2D eigenvalue weighted by atomic mass is 10.0. The average molecular weight is 435 g/mol. The van der Waals surface area contributed by atoms with Crippen molar-refractivity contribution in [3.8, 4) is 0 Å². The number of para-hydroxylation sites is 1. The van der Waals surface area contributed by atoms with Crippen molar-refractivity contribution in [3.05, 3.63) is 65.2 Å². The molecule has 0 atom stereocenters. The molecule has 2 saturated heterocycles. The third kappa shape index (κ3) is 5.13. The van der Waals surface area contributed by atoms with Gasteiger partial charge < -0.3 is 20.0 Å². The fourth-order valence-corrected chi connectivity index (χ4v) is 4.54. The molecule has 2 aliphatic heterocycles. The van der Waals surface area contributed by atoms with Gasteiger partial charge in [0.1, 0.15) is 0 Å². The lowest BCUT2D eigenvalue weighted by molar-refractivity contribution is 0.0664. The number of hydrogen-bond acceptors (Lipinski definition) is 4.